The lowest BCUT2D eigenvalue weighted by molar-refractivity contribution is 0.0792. The summed E-state index contributed by atoms with van der Waals surface area (Å²) >= 11 is 1.46. The summed E-state index contributed by atoms with van der Waals surface area (Å²) in [5, 5.41) is 0.892. The Kier molecular flexibility index (Phi) is 7.29. The largest absolute Gasteiger partial charge is 0.338 e. The van der Waals surface area contributed by atoms with Gasteiger partial charge in [0.05, 0.1) is 6.20 Å². The first-order valence-electron chi connectivity index (χ1n) is 6.78. The molecule has 2 N–H and O–H groups in total. The van der Waals surface area contributed by atoms with Crippen molar-refractivity contribution in [3.8, 4) is 10.6 Å². The van der Waals surface area contributed by atoms with Crippen LogP contribution in [0, 0.1) is 5.92 Å². The van der Waals surface area contributed by atoms with Gasteiger partial charge in [-0.1, -0.05) is 30.3 Å². The molecule has 4 nitrogen and oxygen atoms in total. The molecule has 7 heteroatoms. The monoisotopic (exact) mass is 359 g/mol. The molecule has 1 amide bonds. The van der Waals surface area contributed by atoms with Crippen LogP contribution in [0.25, 0.3) is 10.6 Å². The Hall–Kier alpha value is -1.14. The highest BCUT2D eigenvalue weighted by molar-refractivity contribution is 7.16. The second-order valence-electron chi connectivity index (χ2n) is 5.04. The van der Waals surface area contributed by atoms with Crippen molar-refractivity contribution in [1.29, 1.82) is 0 Å². The molecular formula is C15H19Cl2N3OS. The fourth-order valence-corrected chi connectivity index (χ4v) is 3.34. The number of amides is 1. The van der Waals surface area contributed by atoms with Crippen LogP contribution < -0.4 is 5.73 Å². The molecule has 0 saturated carbocycles. The fraction of sp³-hybridized carbons (Fsp3) is 0.333. The minimum absolute atomic E-state index is 0. The summed E-state index contributed by atoms with van der Waals surface area (Å²) in [7, 11) is 0. The van der Waals surface area contributed by atoms with Gasteiger partial charge in [-0.15, -0.1) is 36.2 Å². The van der Waals surface area contributed by atoms with Crippen LogP contribution in [0.2, 0.25) is 0 Å². The number of nitrogens with zero attached hydrogens (tertiary/aromatic N) is 2. The van der Waals surface area contributed by atoms with Gasteiger partial charge in [-0.3, -0.25) is 4.79 Å². The van der Waals surface area contributed by atoms with Gasteiger partial charge in [0.15, 0.2) is 0 Å². The van der Waals surface area contributed by atoms with E-state index in [2.05, 4.69) is 4.98 Å². The molecule has 1 unspecified atom stereocenters. The van der Waals surface area contributed by atoms with Crippen LogP contribution >= 0.6 is 36.2 Å². The Balaban J connectivity index is 0.00000121. The van der Waals surface area contributed by atoms with Crippen molar-refractivity contribution in [3.63, 3.8) is 0 Å². The van der Waals surface area contributed by atoms with Gasteiger partial charge in [0.25, 0.3) is 5.91 Å². The molecule has 1 aliphatic heterocycles. The van der Waals surface area contributed by atoms with Crippen molar-refractivity contribution >= 4 is 42.1 Å². The number of carbonyl (C=O) groups excluding carboxylic acids is 1. The van der Waals surface area contributed by atoms with E-state index in [4.69, 9.17) is 5.73 Å². The van der Waals surface area contributed by atoms with E-state index in [1.165, 1.54) is 11.3 Å². The third-order valence-electron chi connectivity index (χ3n) is 3.64. The van der Waals surface area contributed by atoms with E-state index in [-0.39, 0.29) is 30.7 Å². The predicted molar refractivity (Wildman–Crippen MR) is 95.1 cm³/mol. The van der Waals surface area contributed by atoms with Crippen molar-refractivity contribution < 1.29 is 4.79 Å². The molecule has 1 fully saturated rings. The number of nitrogens with two attached hydrogens (primary N) is 1. The number of hydrogen-bond acceptors (Lipinski definition) is 4. The highest BCUT2D eigenvalue weighted by atomic mass is 35.5. The Morgan fingerprint density at radius 3 is 2.68 bits per heavy atom. The van der Waals surface area contributed by atoms with E-state index in [0.29, 0.717) is 17.3 Å². The molecular weight excluding hydrogens is 341 g/mol. The van der Waals surface area contributed by atoms with Gasteiger partial charge in [-0.05, 0) is 18.9 Å². The van der Waals surface area contributed by atoms with E-state index < -0.39 is 0 Å². The first-order chi connectivity index (χ1) is 9.78. The molecule has 22 heavy (non-hydrogen) atoms. The highest BCUT2D eigenvalue weighted by Gasteiger charge is 2.27. The van der Waals surface area contributed by atoms with Crippen molar-refractivity contribution in [1.82, 2.24) is 9.88 Å². The van der Waals surface area contributed by atoms with Crippen molar-refractivity contribution in [2.24, 2.45) is 11.7 Å². The smallest absolute Gasteiger partial charge is 0.265 e. The van der Waals surface area contributed by atoms with E-state index in [9.17, 15) is 4.79 Å². The first kappa shape index (κ1) is 18.9. The number of carbonyl (C=O) groups is 1. The van der Waals surface area contributed by atoms with E-state index >= 15 is 0 Å². The molecule has 120 valence electrons. The molecule has 0 radical (unpaired) electrons. The third kappa shape index (κ3) is 3.98. The topological polar surface area (TPSA) is 59.2 Å². The van der Waals surface area contributed by atoms with Crippen molar-refractivity contribution in [2.45, 2.75) is 6.42 Å². The number of rotatable bonds is 3. The Morgan fingerprint density at radius 1 is 1.32 bits per heavy atom. The van der Waals surface area contributed by atoms with E-state index in [1.54, 1.807) is 6.20 Å². The van der Waals surface area contributed by atoms with Crippen LogP contribution in [0.1, 0.15) is 16.1 Å². The second kappa shape index (κ2) is 8.48. The summed E-state index contributed by atoms with van der Waals surface area (Å²) in [4.78, 5) is 19.4. The van der Waals surface area contributed by atoms with Crippen LogP contribution in [0.3, 0.4) is 0 Å². The average Bonchev–Trinajstić information content (AvgIpc) is 3.17. The molecule has 1 saturated heterocycles. The Bertz CT molecular complexity index is 606. The molecule has 1 aromatic heterocycles. The van der Waals surface area contributed by atoms with Gasteiger partial charge in [0, 0.05) is 18.7 Å². The molecule has 0 bridgehead atoms. The zero-order valence-corrected chi connectivity index (χ0v) is 14.4. The van der Waals surface area contributed by atoms with E-state index in [0.717, 1.165) is 30.1 Å². The van der Waals surface area contributed by atoms with Crippen LogP contribution in [0.15, 0.2) is 36.5 Å². The quantitative estimate of drug-likeness (QED) is 0.915. The summed E-state index contributed by atoms with van der Waals surface area (Å²) in [6.07, 6.45) is 2.69. The van der Waals surface area contributed by atoms with Crippen molar-refractivity contribution in [2.75, 3.05) is 19.6 Å². The van der Waals surface area contributed by atoms with Gasteiger partial charge >= 0.3 is 0 Å². The second-order valence-corrected chi connectivity index (χ2v) is 6.07. The lowest BCUT2D eigenvalue weighted by Crippen LogP contribution is -2.29. The molecule has 0 aliphatic carbocycles. The van der Waals surface area contributed by atoms with Gasteiger partial charge < -0.3 is 10.6 Å². The number of benzene rings is 1. The zero-order valence-electron chi connectivity index (χ0n) is 12.0. The van der Waals surface area contributed by atoms with Crippen LogP contribution in [0.5, 0.6) is 0 Å². The third-order valence-corrected chi connectivity index (χ3v) is 4.68. The number of halogens is 2. The Labute approximate surface area is 146 Å². The highest BCUT2D eigenvalue weighted by Crippen LogP contribution is 2.27. The first-order valence-corrected chi connectivity index (χ1v) is 7.60. The summed E-state index contributed by atoms with van der Waals surface area (Å²) in [5.74, 6) is 0.529. The lowest BCUT2D eigenvalue weighted by atomic mass is 10.1. The van der Waals surface area contributed by atoms with Gasteiger partial charge in [-0.2, -0.15) is 0 Å². The van der Waals surface area contributed by atoms with Gasteiger partial charge in [0.1, 0.15) is 9.88 Å². The molecule has 2 heterocycles. The standard InChI is InChI=1S/C15H17N3OS.2ClH/c16-8-11-6-7-18(10-11)15(19)13-9-17-14(20-13)12-4-2-1-3-5-12;;/h1-5,9,11H,6-8,10,16H2;2*1H. The molecule has 0 spiro atoms. The number of likely N-dealkylation sites (tertiary alicyclic amines) is 1. The predicted octanol–water partition coefficient (Wildman–Crippen LogP) is 3.07. The molecule has 1 aromatic carbocycles. The number of aromatic nitrogens is 1. The molecule has 1 atom stereocenters. The SMILES string of the molecule is Cl.Cl.NCC1CCN(C(=O)c2cnc(-c3ccccc3)s2)C1. The maximum Gasteiger partial charge on any atom is 0.265 e. The summed E-state index contributed by atoms with van der Waals surface area (Å²) in [6, 6.07) is 9.94. The summed E-state index contributed by atoms with van der Waals surface area (Å²) in [5.41, 5.74) is 6.72. The van der Waals surface area contributed by atoms with Gasteiger partial charge in [0.2, 0.25) is 0 Å². The minimum atomic E-state index is 0. The van der Waals surface area contributed by atoms with Crippen LogP contribution in [-0.2, 0) is 0 Å². The fourth-order valence-electron chi connectivity index (χ4n) is 2.45. The summed E-state index contributed by atoms with van der Waals surface area (Å²) < 4.78 is 0. The van der Waals surface area contributed by atoms with Gasteiger partial charge in [-0.25, -0.2) is 4.98 Å². The summed E-state index contributed by atoms with van der Waals surface area (Å²) in [6.45, 7) is 2.23. The normalized spacial score (nSPS) is 16.8. The lowest BCUT2D eigenvalue weighted by Gasteiger charge is -2.14. The maximum absolute atomic E-state index is 12.4. The van der Waals surface area contributed by atoms with E-state index in [1.807, 2.05) is 35.2 Å². The maximum atomic E-state index is 12.4. The molecule has 2 aromatic rings. The molecule has 1 aliphatic rings. The Morgan fingerprint density at radius 2 is 2.05 bits per heavy atom. The zero-order chi connectivity index (χ0) is 13.9. The van der Waals surface area contributed by atoms with Crippen LogP contribution in [0.4, 0.5) is 0 Å². The van der Waals surface area contributed by atoms with Crippen molar-refractivity contribution in [3.05, 3.63) is 41.4 Å². The molecule has 3 rings (SSSR count). The average molecular weight is 360 g/mol. The number of hydrogen-bond donors (Lipinski definition) is 1. The van der Waals surface area contributed by atoms with Crippen LogP contribution in [-0.4, -0.2) is 35.4 Å². The number of thiazole rings is 1. The minimum Gasteiger partial charge on any atom is -0.338 e.